The number of amides is 1. The average Bonchev–Trinajstić information content (AvgIpc) is 3.00. The minimum Gasteiger partial charge on any atom is -0.497 e. The molecule has 0 spiro atoms. The topological polar surface area (TPSA) is 51.5 Å². The molecule has 0 saturated heterocycles. The van der Waals surface area contributed by atoms with Crippen LogP contribution in [-0.4, -0.2) is 18.8 Å². The Balaban J connectivity index is 1.79. The molecule has 0 fully saturated rings. The first kappa shape index (κ1) is 14.5. The van der Waals surface area contributed by atoms with Crippen LogP contribution in [0, 0.1) is 0 Å². The van der Waals surface area contributed by atoms with Gasteiger partial charge in [0.1, 0.15) is 11.5 Å². The van der Waals surface area contributed by atoms with Crippen molar-refractivity contribution >= 4 is 17.7 Å². The van der Waals surface area contributed by atoms with Gasteiger partial charge in [0.05, 0.1) is 25.2 Å². The van der Waals surface area contributed by atoms with Crippen LogP contribution >= 0.6 is 11.8 Å². The van der Waals surface area contributed by atoms with Crippen molar-refractivity contribution in [2.75, 3.05) is 12.9 Å². The van der Waals surface area contributed by atoms with Gasteiger partial charge < -0.3 is 14.5 Å². The predicted octanol–water partition coefficient (Wildman–Crippen LogP) is 3.26. The highest BCUT2D eigenvalue weighted by Gasteiger charge is 2.11. The second-order valence-corrected chi connectivity index (χ2v) is 5.32. The summed E-state index contributed by atoms with van der Waals surface area (Å²) in [7, 11) is 1.63. The summed E-state index contributed by atoms with van der Waals surface area (Å²) in [6.07, 6.45) is 1.60. The summed E-state index contributed by atoms with van der Waals surface area (Å²) in [5.41, 5.74) is 0. The SMILES string of the molecule is COc1ccc(SCC(=O)N[C@H](C)c2ccco2)cc1. The van der Waals surface area contributed by atoms with Gasteiger partial charge in [-0.3, -0.25) is 4.79 Å². The van der Waals surface area contributed by atoms with Gasteiger partial charge in [0.15, 0.2) is 0 Å². The molecule has 1 amide bonds. The lowest BCUT2D eigenvalue weighted by molar-refractivity contribution is -0.119. The molecule has 0 unspecified atom stereocenters. The predicted molar refractivity (Wildman–Crippen MR) is 79.0 cm³/mol. The van der Waals surface area contributed by atoms with Gasteiger partial charge in [-0.15, -0.1) is 11.8 Å². The molecular weight excluding hydrogens is 274 g/mol. The second-order valence-electron chi connectivity index (χ2n) is 4.27. The quantitative estimate of drug-likeness (QED) is 0.830. The molecule has 0 radical (unpaired) electrons. The van der Waals surface area contributed by atoms with Gasteiger partial charge in [-0.1, -0.05) is 0 Å². The van der Waals surface area contributed by atoms with Crippen LogP contribution in [0.4, 0.5) is 0 Å². The summed E-state index contributed by atoms with van der Waals surface area (Å²) < 4.78 is 10.3. The third-order valence-corrected chi connectivity index (χ3v) is 3.79. The number of ether oxygens (including phenoxy) is 1. The standard InChI is InChI=1S/C15H17NO3S/c1-11(14-4-3-9-19-14)16-15(17)10-20-13-7-5-12(18-2)6-8-13/h3-9,11H,10H2,1-2H3,(H,16,17)/t11-/m1/s1. The number of benzene rings is 1. The van der Waals surface area contributed by atoms with Gasteiger partial charge in [-0.05, 0) is 43.3 Å². The molecule has 0 aliphatic rings. The summed E-state index contributed by atoms with van der Waals surface area (Å²) in [5.74, 6) is 1.92. The summed E-state index contributed by atoms with van der Waals surface area (Å²) in [4.78, 5) is 12.9. The molecule has 0 aliphatic carbocycles. The van der Waals surface area contributed by atoms with E-state index in [2.05, 4.69) is 5.32 Å². The summed E-state index contributed by atoms with van der Waals surface area (Å²) in [6, 6.07) is 11.2. The summed E-state index contributed by atoms with van der Waals surface area (Å²) in [5, 5.41) is 2.90. The number of rotatable bonds is 6. The number of thioether (sulfide) groups is 1. The van der Waals surface area contributed by atoms with E-state index in [1.54, 1.807) is 13.4 Å². The Morgan fingerprint density at radius 2 is 2.10 bits per heavy atom. The Morgan fingerprint density at radius 1 is 1.35 bits per heavy atom. The van der Waals surface area contributed by atoms with Gasteiger partial charge in [0.2, 0.25) is 5.91 Å². The first-order valence-corrected chi connectivity index (χ1v) is 7.27. The fraction of sp³-hybridized carbons (Fsp3) is 0.267. The van der Waals surface area contributed by atoms with Gasteiger partial charge in [-0.2, -0.15) is 0 Å². The normalized spacial score (nSPS) is 11.9. The van der Waals surface area contributed by atoms with Crippen LogP contribution in [0.15, 0.2) is 52.0 Å². The molecule has 1 N–H and O–H groups in total. The molecule has 4 nitrogen and oxygen atoms in total. The van der Waals surface area contributed by atoms with E-state index in [1.165, 1.54) is 11.8 Å². The van der Waals surface area contributed by atoms with E-state index in [4.69, 9.17) is 9.15 Å². The minimum absolute atomic E-state index is 0.0188. The second kappa shape index (κ2) is 7.05. The first-order valence-electron chi connectivity index (χ1n) is 6.28. The Hall–Kier alpha value is -1.88. The molecule has 2 aromatic rings. The molecular formula is C15H17NO3S. The maximum absolute atomic E-state index is 11.8. The molecule has 20 heavy (non-hydrogen) atoms. The van der Waals surface area contributed by atoms with Crippen LogP contribution in [-0.2, 0) is 4.79 Å². The number of hydrogen-bond donors (Lipinski definition) is 1. The maximum atomic E-state index is 11.8. The number of methoxy groups -OCH3 is 1. The molecule has 1 aromatic heterocycles. The van der Waals surface area contributed by atoms with Crippen LogP contribution in [0.3, 0.4) is 0 Å². The third-order valence-electron chi connectivity index (χ3n) is 2.78. The van der Waals surface area contributed by atoms with E-state index < -0.39 is 0 Å². The van der Waals surface area contributed by atoms with Crippen molar-refractivity contribution in [3.8, 4) is 5.75 Å². The van der Waals surface area contributed by atoms with Crippen LogP contribution in [0.2, 0.25) is 0 Å². The molecule has 5 heteroatoms. The van der Waals surface area contributed by atoms with Gasteiger partial charge in [0.25, 0.3) is 0 Å². The van der Waals surface area contributed by atoms with Crippen molar-refractivity contribution in [1.29, 1.82) is 0 Å². The highest BCUT2D eigenvalue weighted by molar-refractivity contribution is 8.00. The van der Waals surface area contributed by atoms with E-state index in [9.17, 15) is 4.79 Å². The number of furan rings is 1. The fourth-order valence-corrected chi connectivity index (χ4v) is 2.42. The molecule has 1 heterocycles. The zero-order chi connectivity index (χ0) is 14.4. The Bertz CT molecular complexity index is 537. The van der Waals surface area contributed by atoms with Crippen molar-refractivity contribution in [1.82, 2.24) is 5.32 Å². The van der Waals surface area contributed by atoms with Crippen LogP contribution in [0.5, 0.6) is 5.75 Å². The van der Waals surface area contributed by atoms with E-state index >= 15 is 0 Å². The van der Waals surface area contributed by atoms with Crippen LogP contribution in [0.1, 0.15) is 18.7 Å². The molecule has 0 aliphatic heterocycles. The van der Waals surface area contributed by atoms with Crippen molar-refractivity contribution in [3.05, 3.63) is 48.4 Å². The first-order chi connectivity index (χ1) is 9.69. The summed E-state index contributed by atoms with van der Waals surface area (Å²) >= 11 is 1.49. The molecule has 106 valence electrons. The Labute approximate surface area is 122 Å². The zero-order valence-electron chi connectivity index (χ0n) is 11.5. The van der Waals surface area contributed by atoms with E-state index in [0.29, 0.717) is 5.75 Å². The highest BCUT2D eigenvalue weighted by atomic mass is 32.2. The number of nitrogens with one attached hydrogen (secondary N) is 1. The lowest BCUT2D eigenvalue weighted by atomic mass is 10.2. The molecule has 2 rings (SSSR count). The lowest BCUT2D eigenvalue weighted by Crippen LogP contribution is -2.27. The Kier molecular flexibility index (Phi) is 5.12. The van der Waals surface area contributed by atoms with Gasteiger partial charge in [-0.25, -0.2) is 0 Å². The zero-order valence-corrected chi connectivity index (χ0v) is 12.3. The van der Waals surface area contributed by atoms with Gasteiger partial charge in [0, 0.05) is 4.90 Å². The van der Waals surface area contributed by atoms with E-state index in [-0.39, 0.29) is 11.9 Å². The smallest absolute Gasteiger partial charge is 0.230 e. The third kappa shape index (κ3) is 4.06. The van der Waals surface area contributed by atoms with Gasteiger partial charge >= 0.3 is 0 Å². The molecule has 0 bridgehead atoms. The van der Waals surface area contributed by atoms with Crippen molar-refractivity contribution in [3.63, 3.8) is 0 Å². The average molecular weight is 291 g/mol. The largest absolute Gasteiger partial charge is 0.497 e. The molecule has 1 aromatic carbocycles. The Morgan fingerprint density at radius 3 is 2.70 bits per heavy atom. The van der Waals surface area contributed by atoms with Crippen molar-refractivity contribution in [2.24, 2.45) is 0 Å². The van der Waals surface area contributed by atoms with E-state index in [0.717, 1.165) is 16.4 Å². The number of hydrogen-bond acceptors (Lipinski definition) is 4. The maximum Gasteiger partial charge on any atom is 0.230 e. The highest BCUT2D eigenvalue weighted by Crippen LogP contribution is 2.21. The summed E-state index contributed by atoms with van der Waals surface area (Å²) in [6.45, 7) is 1.90. The van der Waals surface area contributed by atoms with Crippen LogP contribution in [0.25, 0.3) is 0 Å². The van der Waals surface area contributed by atoms with Crippen molar-refractivity contribution < 1.29 is 13.9 Å². The van der Waals surface area contributed by atoms with E-state index in [1.807, 2.05) is 43.3 Å². The molecule has 0 saturated carbocycles. The van der Waals surface area contributed by atoms with Crippen molar-refractivity contribution in [2.45, 2.75) is 17.9 Å². The lowest BCUT2D eigenvalue weighted by Gasteiger charge is -2.11. The molecule has 1 atom stereocenters. The van der Waals surface area contributed by atoms with Crippen LogP contribution < -0.4 is 10.1 Å². The number of carbonyl (C=O) groups excluding carboxylic acids is 1. The fourth-order valence-electron chi connectivity index (χ4n) is 1.71. The number of carbonyl (C=O) groups is 1. The minimum atomic E-state index is -0.117. The monoisotopic (exact) mass is 291 g/mol.